The van der Waals surface area contributed by atoms with Crippen molar-refractivity contribution in [2.45, 2.75) is 32.4 Å². The molecule has 2 N–H and O–H groups in total. The van der Waals surface area contributed by atoms with Crippen LogP contribution in [0.4, 0.5) is 0 Å². The van der Waals surface area contributed by atoms with Gasteiger partial charge in [0.25, 0.3) is 5.56 Å². The zero-order chi connectivity index (χ0) is 15.1. The summed E-state index contributed by atoms with van der Waals surface area (Å²) >= 11 is 1.42. The minimum Gasteiger partial charge on any atom is -0.308 e. The summed E-state index contributed by atoms with van der Waals surface area (Å²) in [4.78, 5) is 26.2. The van der Waals surface area contributed by atoms with Crippen molar-refractivity contribution in [3.05, 3.63) is 39.3 Å². The van der Waals surface area contributed by atoms with Gasteiger partial charge in [0.15, 0.2) is 5.82 Å². The number of nitrogens with one attached hydrogen (secondary N) is 2. The number of aromatic nitrogens is 5. The minimum absolute atomic E-state index is 0.0560. The van der Waals surface area contributed by atoms with Crippen LogP contribution >= 0.6 is 11.3 Å². The van der Waals surface area contributed by atoms with Crippen LogP contribution in [0.25, 0.3) is 10.2 Å². The third kappa shape index (κ3) is 2.34. The van der Waals surface area contributed by atoms with Gasteiger partial charge in [-0.1, -0.05) is 0 Å². The van der Waals surface area contributed by atoms with Gasteiger partial charge in [-0.25, -0.2) is 9.97 Å². The first-order valence-electron chi connectivity index (χ1n) is 7.30. The van der Waals surface area contributed by atoms with Crippen LogP contribution in [0.5, 0.6) is 0 Å². The van der Waals surface area contributed by atoms with Crippen molar-refractivity contribution < 1.29 is 0 Å². The number of fused-ring (bicyclic) bond motifs is 1. The highest BCUT2D eigenvalue weighted by Crippen LogP contribution is 2.30. The highest BCUT2D eigenvalue weighted by molar-refractivity contribution is 7.17. The van der Waals surface area contributed by atoms with Crippen LogP contribution in [-0.2, 0) is 6.54 Å². The maximum atomic E-state index is 12.1. The van der Waals surface area contributed by atoms with Gasteiger partial charge in [0.2, 0.25) is 0 Å². The molecule has 1 aliphatic heterocycles. The number of hydrogen-bond acceptors (Lipinski definition) is 6. The van der Waals surface area contributed by atoms with Crippen LogP contribution in [0, 0.1) is 6.92 Å². The highest BCUT2D eigenvalue weighted by Gasteiger charge is 2.29. The lowest BCUT2D eigenvalue weighted by atomic mass is 10.2. The fourth-order valence-corrected chi connectivity index (χ4v) is 3.73. The molecule has 0 radical (unpaired) electrons. The van der Waals surface area contributed by atoms with E-state index in [0.717, 1.165) is 36.6 Å². The Bertz CT molecular complexity index is 865. The van der Waals surface area contributed by atoms with Crippen molar-refractivity contribution in [3.8, 4) is 0 Å². The Morgan fingerprint density at radius 1 is 1.45 bits per heavy atom. The first kappa shape index (κ1) is 13.6. The van der Waals surface area contributed by atoms with Crippen molar-refractivity contribution in [2.75, 3.05) is 6.54 Å². The standard InChI is InChI=1S/C14H16N6OS/c1-8-15-13(19-18-8)10-3-2-5-20(10)7-11-16-9-4-6-22-12(9)14(21)17-11/h4,6,10H,2-3,5,7H2,1H3,(H,15,18,19)(H,16,17,21)/t10-/m1/s1. The molecule has 114 valence electrons. The SMILES string of the molecule is Cc1nc([C@H]2CCCN2Cc2nc3ccsc3c(=O)[nH]2)n[nH]1. The quantitative estimate of drug-likeness (QED) is 0.768. The van der Waals surface area contributed by atoms with Crippen LogP contribution in [-0.4, -0.2) is 36.6 Å². The number of aromatic amines is 2. The Balaban J connectivity index is 1.62. The van der Waals surface area contributed by atoms with Crippen LogP contribution in [0.3, 0.4) is 0 Å². The lowest BCUT2D eigenvalue weighted by Crippen LogP contribution is -2.26. The van der Waals surface area contributed by atoms with E-state index in [4.69, 9.17) is 0 Å². The van der Waals surface area contributed by atoms with Gasteiger partial charge in [-0.3, -0.25) is 14.8 Å². The molecule has 4 heterocycles. The molecule has 1 atom stereocenters. The Hall–Kier alpha value is -2.06. The van der Waals surface area contributed by atoms with Crippen molar-refractivity contribution in [1.82, 2.24) is 30.0 Å². The molecule has 0 spiro atoms. The molecule has 4 rings (SSSR count). The molecule has 0 saturated carbocycles. The number of rotatable bonds is 3. The number of H-pyrrole nitrogens is 2. The van der Waals surface area contributed by atoms with Crippen LogP contribution in [0.1, 0.15) is 36.4 Å². The van der Waals surface area contributed by atoms with E-state index in [1.54, 1.807) is 0 Å². The van der Waals surface area contributed by atoms with Gasteiger partial charge in [0.1, 0.15) is 16.3 Å². The fraction of sp³-hybridized carbons (Fsp3) is 0.429. The second kappa shape index (κ2) is 5.29. The Morgan fingerprint density at radius 2 is 2.36 bits per heavy atom. The van der Waals surface area contributed by atoms with E-state index in [1.807, 2.05) is 18.4 Å². The smallest absolute Gasteiger partial charge is 0.268 e. The molecule has 22 heavy (non-hydrogen) atoms. The van der Waals surface area contributed by atoms with E-state index >= 15 is 0 Å². The molecule has 8 heteroatoms. The average molecular weight is 316 g/mol. The molecule has 1 aliphatic rings. The predicted octanol–water partition coefficient (Wildman–Crippen LogP) is 1.75. The molecule has 1 fully saturated rings. The maximum absolute atomic E-state index is 12.1. The topological polar surface area (TPSA) is 90.6 Å². The summed E-state index contributed by atoms with van der Waals surface area (Å²) in [6, 6.07) is 2.08. The van der Waals surface area contributed by atoms with Gasteiger partial charge in [0.05, 0.1) is 18.1 Å². The third-order valence-corrected chi connectivity index (χ3v) is 4.90. The van der Waals surface area contributed by atoms with Crippen LogP contribution in [0.15, 0.2) is 16.2 Å². The number of nitrogens with zero attached hydrogens (tertiary/aromatic N) is 4. The molecule has 0 unspecified atom stereocenters. The molecular weight excluding hydrogens is 300 g/mol. The van der Waals surface area contributed by atoms with Gasteiger partial charge in [-0.05, 0) is 37.8 Å². The number of hydrogen-bond donors (Lipinski definition) is 2. The summed E-state index contributed by atoms with van der Waals surface area (Å²) in [6.45, 7) is 3.47. The Morgan fingerprint density at radius 3 is 3.18 bits per heavy atom. The zero-order valence-corrected chi connectivity index (χ0v) is 13.0. The van der Waals surface area contributed by atoms with Crippen molar-refractivity contribution >= 4 is 21.6 Å². The molecule has 0 aliphatic carbocycles. The highest BCUT2D eigenvalue weighted by atomic mass is 32.1. The number of aryl methyl sites for hydroxylation is 1. The largest absolute Gasteiger partial charge is 0.308 e. The number of thiophene rings is 1. The summed E-state index contributed by atoms with van der Waals surface area (Å²) in [6.07, 6.45) is 2.13. The molecule has 0 amide bonds. The lowest BCUT2D eigenvalue weighted by molar-refractivity contribution is 0.234. The van der Waals surface area contributed by atoms with E-state index in [0.29, 0.717) is 17.1 Å². The summed E-state index contributed by atoms with van der Waals surface area (Å²) in [7, 11) is 0. The average Bonchev–Trinajstić information content (AvgIpc) is 3.19. The Kier molecular flexibility index (Phi) is 3.27. The second-order valence-electron chi connectivity index (χ2n) is 5.56. The van der Waals surface area contributed by atoms with Gasteiger partial charge in [-0.15, -0.1) is 11.3 Å². The minimum atomic E-state index is -0.0560. The molecule has 0 aromatic carbocycles. The summed E-state index contributed by atoms with van der Waals surface area (Å²) in [5.74, 6) is 2.36. The van der Waals surface area contributed by atoms with Crippen molar-refractivity contribution in [3.63, 3.8) is 0 Å². The molecule has 7 nitrogen and oxygen atoms in total. The third-order valence-electron chi connectivity index (χ3n) is 3.99. The predicted molar refractivity (Wildman–Crippen MR) is 83.7 cm³/mol. The first-order chi connectivity index (χ1) is 10.7. The fourth-order valence-electron chi connectivity index (χ4n) is 3.01. The second-order valence-corrected chi connectivity index (χ2v) is 6.47. The Labute approximate surface area is 130 Å². The number of likely N-dealkylation sites (tertiary alicyclic amines) is 1. The molecule has 1 saturated heterocycles. The van der Waals surface area contributed by atoms with Gasteiger partial charge < -0.3 is 4.98 Å². The summed E-state index contributed by atoms with van der Waals surface area (Å²) < 4.78 is 0.686. The molecule has 3 aromatic heterocycles. The van der Waals surface area contributed by atoms with Crippen molar-refractivity contribution in [1.29, 1.82) is 0 Å². The van der Waals surface area contributed by atoms with E-state index in [-0.39, 0.29) is 11.6 Å². The summed E-state index contributed by atoms with van der Waals surface area (Å²) in [5.41, 5.74) is 0.715. The van der Waals surface area contributed by atoms with E-state index in [1.165, 1.54) is 11.3 Å². The lowest BCUT2D eigenvalue weighted by Gasteiger charge is -2.21. The van der Waals surface area contributed by atoms with Crippen LogP contribution < -0.4 is 5.56 Å². The van der Waals surface area contributed by atoms with Gasteiger partial charge >= 0.3 is 0 Å². The maximum Gasteiger partial charge on any atom is 0.268 e. The van der Waals surface area contributed by atoms with E-state index < -0.39 is 0 Å². The van der Waals surface area contributed by atoms with Gasteiger partial charge in [0, 0.05) is 0 Å². The normalized spacial score (nSPS) is 19.2. The molecular formula is C14H16N6OS. The monoisotopic (exact) mass is 316 g/mol. The zero-order valence-electron chi connectivity index (χ0n) is 12.2. The first-order valence-corrected chi connectivity index (χ1v) is 8.18. The van der Waals surface area contributed by atoms with Crippen LogP contribution in [0.2, 0.25) is 0 Å². The van der Waals surface area contributed by atoms with Crippen molar-refractivity contribution in [2.24, 2.45) is 0 Å². The van der Waals surface area contributed by atoms with E-state index in [2.05, 4.69) is 30.0 Å². The molecule has 0 bridgehead atoms. The van der Waals surface area contributed by atoms with Gasteiger partial charge in [-0.2, -0.15) is 5.10 Å². The summed E-state index contributed by atoms with van der Waals surface area (Å²) in [5, 5.41) is 9.07. The molecule has 3 aromatic rings. The van der Waals surface area contributed by atoms with E-state index in [9.17, 15) is 4.79 Å².